The van der Waals surface area contributed by atoms with Crippen molar-refractivity contribution in [1.82, 2.24) is 9.88 Å². The molecular formula is C13H14ClN3O. The highest BCUT2D eigenvalue weighted by Gasteiger charge is 2.10. The van der Waals surface area contributed by atoms with Crippen molar-refractivity contribution in [3.63, 3.8) is 0 Å². The predicted octanol–water partition coefficient (Wildman–Crippen LogP) is 2.19. The molecule has 0 bridgehead atoms. The van der Waals surface area contributed by atoms with Crippen LogP contribution < -0.4 is 11.1 Å². The van der Waals surface area contributed by atoms with Gasteiger partial charge in [0.2, 0.25) is 0 Å². The van der Waals surface area contributed by atoms with Crippen molar-refractivity contribution in [2.45, 2.75) is 6.54 Å². The van der Waals surface area contributed by atoms with Crippen LogP contribution in [0.2, 0.25) is 5.02 Å². The zero-order valence-electron chi connectivity index (χ0n) is 9.98. The lowest BCUT2D eigenvalue weighted by atomic mass is 10.2. The molecule has 0 aliphatic carbocycles. The first kappa shape index (κ1) is 12.5. The number of nitrogens with two attached hydrogens (primary N) is 1. The van der Waals surface area contributed by atoms with Crippen LogP contribution in [0.1, 0.15) is 16.1 Å². The molecule has 2 aromatic rings. The Bertz CT molecular complexity index is 560. The minimum Gasteiger partial charge on any atom is -0.397 e. The average Bonchev–Trinajstić information content (AvgIpc) is 2.67. The molecule has 0 unspecified atom stereocenters. The van der Waals surface area contributed by atoms with E-state index in [2.05, 4.69) is 5.32 Å². The second-order valence-corrected chi connectivity index (χ2v) is 4.52. The third-order valence-corrected chi connectivity index (χ3v) is 2.88. The van der Waals surface area contributed by atoms with Gasteiger partial charge in [0.05, 0.1) is 5.69 Å². The highest BCUT2D eigenvalue weighted by atomic mass is 35.5. The molecule has 0 fully saturated rings. The summed E-state index contributed by atoms with van der Waals surface area (Å²) >= 11 is 5.79. The Morgan fingerprint density at radius 2 is 2.06 bits per heavy atom. The van der Waals surface area contributed by atoms with E-state index < -0.39 is 0 Å². The summed E-state index contributed by atoms with van der Waals surface area (Å²) in [4.78, 5) is 11.9. The lowest BCUT2D eigenvalue weighted by molar-refractivity contribution is 0.0943. The third-order valence-electron chi connectivity index (χ3n) is 2.63. The average molecular weight is 264 g/mol. The van der Waals surface area contributed by atoms with Crippen LogP contribution in [0.15, 0.2) is 36.5 Å². The quantitative estimate of drug-likeness (QED) is 0.892. The minimum atomic E-state index is -0.149. The molecule has 1 amide bonds. The molecule has 4 nitrogen and oxygen atoms in total. The fraction of sp³-hybridized carbons (Fsp3) is 0.154. The highest BCUT2D eigenvalue weighted by Crippen LogP contribution is 2.11. The van der Waals surface area contributed by atoms with Gasteiger partial charge in [-0.3, -0.25) is 4.79 Å². The minimum absolute atomic E-state index is 0.149. The largest absolute Gasteiger partial charge is 0.397 e. The van der Waals surface area contributed by atoms with Gasteiger partial charge >= 0.3 is 0 Å². The number of nitrogens with one attached hydrogen (secondary N) is 1. The molecule has 3 N–H and O–H groups in total. The van der Waals surface area contributed by atoms with Gasteiger partial charge in [0.1, 0.15) is 5.69 Å². The lowest BCUT2D eigenvalue weighted by Gasteiger charge is -2.06. The first-order chi connectivity index (χ1) is 8.56. The molecule has 0 atom stereocenters. The molecule has 0 saturated heterocycles. The number of hydrogen-bond donors (Lipinski definition) is 2. The van der Waals surface area contributed by atoms with Gasteiger partial charge in [0.15, 0.2) is 0 Å². The Hall–Kier alpha value is -1.94. The number of aryl methyl sites for hydroxylation is 1. The van der Waals surface area contributed by atoms with Crippen LogP contribution in [0.5, 0.6) is 0 Å². The maximum Gasteiger partial charge on any atom is 0.268 e. The number of carbonyl (C=O) groups excluding carboxylic acids is 1. The van der Waals surface area contributed by atoms with Crippen LogP contribution in [-0.2, 0) is 13.6 Å². The normalized spacial score (nSPS) is 10.3. The van der Waals surface area contributed by atoms with Crippen molar-refractivity contribution in [3.05, 3.63) is 52.8 Å². The van der Waals surface area contributed by atoms with Gasteiger partial charge in [0.25, 0.3) is 5.91 Å². The van der Waals surface area contributed by atoms with Crippen molar-refractivity contribution in [2.75, 3.05) is 5.73 Å². The second kappa shape index (κ2) is 5.14. The van der Waals surface area contributed by atoms with Crippen molar-refractivity contribution in [3.8, 4) is 0 Å². The molecule has 5 heteroatoms. The van der Waals surface area contributed by atoms with Crippen molar-refractivity contribution in [2.24, 2.45) is 7.05 Å². The van der Waals surface area contributed by atoms with E-state index in [0.29, 0.717) is 22.9 Å². The Morgan fingerprint density at radius 1 is 1.39 bits per heavy atom. The molecule has 0 spiro atoms. The maximum absolute atomic E-state index is 11.9. The summed E-state index contributed by atoms with van der Waals surface area (Å²) in [5.74, 6) is -0.149. The highest BCUT2D eigenvalue weighted by molar-refractivity contribution is 6.30. The third kappa shape index (κ3) is 2.84. The number of halogens is 1. The van der Waals surface area contributed by atoms with Crippen molar-refractivity contribution >= 4 is 23.2 Å². The number of benzene rings is 1. The number of hydrogen-bond acceptors (Lipinski definition) is 2. The van der Waals surface area contributed by atoms with Gasteiger partial charge in [-0.15, -0.1) is 0 Å². The molecule has 1 aromatic heterocycles. The molecule has 0 saturated carbocycles. The summed E-state index contributed by atoms with van der Waals surface area (Å²) in [6.07, 6.45) is 1.71. The molecule has 0 aliphatic rings. The first-order valence-corrected chi connectivity index (χ1v) is 5.88. The summed E-state index contributed by atoms with van der Waals surface area (Å²) in [6.45, 7) is 0.459. The summed E-state index contributed by atoms with van der Waals surface area (Å²) in [5, 5.41) is 3.51. The Labute approximate surface area is 110 Å². The topological polar surface area (TPSA) is 60.0 Å². The van der Waals surface area contributed by atoms with Crippen molar-refractivity contribution in [1.29, 1.82) is 0 Å². The lowest BCUT2D eigenvalue weighted by Crippen LogP contribution is -2.24. The summed E-state index contributed by atoms with van der Waals surface area (Å²) in [6, 6.07) is 8.99. The first-order valence-electron chi connectivity index (χ1n) is 5.51. The molecule has 18 heavy (non-hydrogen) atoms. The van der Waals surface area contributed by atoms with E-state index in [0.717, 1.165) is 5.56 Å². The van der Waals surface area contributed by atoms with Gasteiger partial charge < -0.3 is 15.6 Å². The zero-order chi connectivity index (χ0) is 13.1. The van der Waals surface area contributed by atoms with Crippen LogP contribution in [0.25, 0.3) is 0 Å². The van der Waals surface area contributed by atoms with Crippen LogP contribution in [0.4, 0.5) is 5.69 Å². The smallest absolute Gasteiger partial charge is 0.268 e. The standard InChI is InChI=1S/C13H14ClN3O/c1-17-8-11(15)6-12(17)13(18)16-7-9-2-4-10(14)5-3-9/h2-6,8H,7,15H2,1H3,(H,16,18). The van der Waals surface area contributed by atoms with Crippen LogP contribution >= 0.6 is 11.6 Å². The molecule has 94 valence electrons. The SMILES string of the molecule is Cn1cc(N)cc1C(=O)NCc1ccc(Cl)cc1. The fourth-order valence-electron chi connectivity index (χ4n) is 1.69. The van der Waals surface area contributed by atoms with Gasteiger partial charge in [-0.25, -0.2) is 0 Å². The van der Waals surface area contributed by atoms with Crippen LogP contribution in [0, 0.1) is 0 Å². The molecule has 0 aliphatic heterocycles. The Morgan fingerprint density at radius 3 is 2.61 bits per heavy atom. The number of aromatic nitrogens is 1. The number of anilines is 1. The van der Waals surface area contributed by atoms with Crippen LogP contribution in [0.3, 0.4) is 0 Å². The fourth-order valence-corrected chi connectivity index (χ4v) is 1.82. The van der Waals surface area contributed by atoms with Gasteiger partial charge in [0, 0.05) is 24.8 Å². The zero-order valence-corrected chi connectivity index (χ0v) is 10.7. The molecule has 1 aromatic carbocycles. The number of nitrogens with zero attached hydrogens (tertiary/aromatic N) is 1. The van der Waals surface area contributed by atoms with E-state index in [1.54, 1.807) is 36.0 Å². The molecular weight excluding hydrogens is 250 g/mol. The number of amides is 1. The van der Waals surface area contributed by atoms with E-state index in [1.165, 1.54) is 0 Å². The van der Waals surface area contributed by atoms with E-state index in [1.807, 2.05) is 12.1 Å². The van der Waals surface area contributed by atoms with Crippen molar-refractivity contribution < 1.29 is 4.79 Å². The number of nitrogen functional groups attached to an aromatic ring is 1. The van der Waals surface area contributed by atoms with E-state index in [-0.39, 0.29) is 5.91 Å². The Kier molecular flexibility index (Phi) is 3.58. The molecule has 1 heterocycles. The number of carbonyl (C=O) groups is 1. The monoisotopic (exact) mass is 263 g/mol. The van der Waals surface area contributed by atoms with E-state index in [9.17, 15) is 4.79 Å². The number of rotatable bonds is 3. The summed E-state index contributed by atoms with van der Waals surface area (Å²) in [5.41, 5.74) is 7.74. The molecule has 0 radical (unpaired) electrons. The Balaban J connectivity index is 2.00. The van der Waals surface area contributed by atoms with Gasteiger partial charge in [-0.1, -0.05) is 23.7 Å². The predicted molar refractivity (Wildman–Crippen MR) is 72.4 cm³/mol. The van der Waals surface area contributed by atoms with Gasteiger partial charge in [-0.05, 0) is 23.8 Å². The van der Waals surface area contributed by atoms with Crippen LogP contribution in [-0.4, -0.2) is 10.5 Å². The van der Waals surface area contributed by atoms with Gasteiger partial charge in [-0.2, -0.15) is 0 Å². The molecule has 2 rings (SSSR count). The maximum atomic E-state index is 11.9. The van der Waals surface area contributed by atoms with E-state index >= 15 is 0 Å². The second-order valence-electron chi connectivity index (χ2n) is 4.08. The summed E-state index contributed by atoms with van der Waals surface area (Å²) in [7, 11) is 1.79. The van der Waals surface area contributed by atoms with E-state index in [4.69, 9.17) is 17.3 Å². The summed E-state index contributed by atoms with van der Waals surface area (Å²) < 4.78 is 1.70.